The van der Waals surface area contributed by atoms with Crippen LogP contribution in [0.4, 0.5) is 4.79 Å². The standard InChI is InChI=1S/C18H29N3O2/c1-14(15-8-10-19-11-9-15)20-13-16-7-5-6-12-21(16)17(22)23-18(2,3)4/h8-11,14,16,20H,5-7,12-13H2,1-4H3/t14-,16?/m1/s1. The van der Waals surface area contributed by atoms with E-state index in [2.05, 4.69) is 17.2 Å². The number of nitrogens with zero attached hydrogens (tertiary/aromatic N) is 2. The molecular formula is C18H29N3O2. The second kappa shape index (κ2) is 7.77. The largest absolute Gasteiger partial charge is 0.444 e. The Morgan fingerprint density at radius 3 is 2.74 bits per heavy atom. The van der Waals surface area contributed by atoms with E-state index in [1.54, 1.807) is 12.4 Å². The van der Waals surface area contributed by atoms with Crippen LogP contribution in [-0.2, 0) is 4.74 Å². The summed E-state index contributed by atoms with van der Waals surface area (Å²) in [7, 11) is 0. The maximum Gasteiger partial charge on any atom is 0.410 e. The Morgan fingerprint density at radius 1 is 1.39 bits per heavy atom. The first-order chi connectivity index (χ1) is 10.9. The smallest absolute Gasteiger partial charge is 0.410 e. The van der Waals surface area contributed by atoms with E-state index in [9.17, 15) is 4.79 Å². The van der Waals surface area contributed by atoms with Crippen LogP contribution >= 0.6 is 0 Å². The van der Waals surface area contributed by atoms with E-state index in [1.165, 1.54) is 5.56 Å². The quantitative estimate of drug-likeness (QED) is 0.922. The number of nitrogens with one attached hydrogen (secondary N) is 1. The van der Waals surface area contributed by atoms with E-state index in [1.807, 2.05) is 37.8 Å². The molecular weight excluding hydrogens is 290 g/mol. The number of ether oxygens (including phenoxy) is 1. The Kier molecular flexibility index (Phi) is 5.99. The van der Waals surface area contributed by atoms with Gasteiger partial charge in [0.05, 0.1) is 0 Å². The molecule has 128 valence electrons. The molecule has 1 unspecified atom stereocenters. The number of piperidine rings is 1. The average Bonchev–Trinajstić information content (AvgIpc) is 2.52. The van der Waals surface area contributed by atoms with Crippen molar-refractivity contribution in [2.24, 2.45) is 0 Å². The zero-order chi connectivity index (χ0) is 16.9. The van der Waals surface area contributed by atoms with Crippen LogP contribution in [0.5, 0.6) is 0 Å². The monoisotopic (exact) mass is 319 g/mol. The molecule has 1 fully saturated rings. The first-order valence-corrected chi connectivity index (χ1v) is 8.50. The SMILES string of the molecule is C[C@@H](NCC1CCCCN1C(=O)OC(C)(C)C)c1ccncc1. The maximum atomic E-state index is 12.4. The van der Waals surface area contributed by atoms with Gasteiger partial charge in [-0.2, -0.15) is 0 Å². The molecule has 0 aromatic carbocycles. The minimum Gasteiger partial charge on any atom is -0.444 e. The highest BCUT2D eigenvalue weighted by atomic mass is 16.6. The number of rotatable bonds is 4. The molecule has 1 N–H and O–H groups in total. The van der Waals surface area contributed by atoms with E-state index < -0.39 is 5.60 Å². The third kappa shape index (κ3) is 5.50. The van der Waals surface area contributed by atoms with Crippen LogP contribution in [0.15, 0.2) is 24.5 Å². The Labute approximate surface area is 139 Å². The van der Waals surface area contributed by atoms with Crippen molar-refractivity contribution in [1.82, 2.24) is 15.2 Å². The lowest BCUT2D eigenvalue weighted by Crippen LogP contribution is -2.50. The van der Waals surface area contributed by atoms with Gasteiger partial charge in [-0.3, -0.25) is 4.98 Å². The van der Waals surface area contributed by atoms with Crippen molar-refractivity contribution >= 4 is 6.09 Å². The van der Waals surface area contributed by atoms with E-state index in [4.69, 9.17) is 4.74 Å². The molecule has 1 aliphatic rings. The van der Waals surface area contributed by atoms with Gasteiger partial charge in [0.1, 0.15) is 5.60 Å². The van der Waals surface area contributed by atoms with E-state index in [0.717, 1.165) is 32.4 Å². The van der Waals surface area contributed by atoms with Crippen molar-refractivity contribution in [3.8, 4) is 0 Å². The molecule has 23 heavy (non-hydrogen) atoms. The summed E-state index contributed by atoms with van der Waals surface area (Å²) in [4.78, 5) is 18.3. The number of carbonyl (C=O) groups is 1. The first-order valence-electron chi connectivity index (χ1n) is 8.50. The van der Waals surface area contributed by atoms with Gasteiger partial charge in [-0.05, 0) is 64.7 Å². The predicted octanol–water partition coefficient (Wildman–Crippen LogP) is 3.52. The van der Waals surface area contributed by atoms with E-state index in [0.29, 0.717) is 0 Å². The van der Waals surface area contributed by atoms with Crippen molar-refractivity contribution in [2.75, 3.05) is 13.1 Å². The highest BCUT2D eigenvalue weighted by molar-refractivity contribution is 5.68. The third-order valence-corrected chi connectivity index (χ3v) is 4.12. The van der Waals surface area contributed by atoms with Gasteiger partial charge >= 0.3 is 6.09 Å². The Hall–Kier alpha value is -1.62. The number of aromatic nitrogens is 1. The number of hydrogen-bond donors (Lipinski definition) is 1. The summed E-state index contributed by atoms with van der Waals surface area (Å²) in [6.45, 7) is 9.43. The third-order valence-electron chi connectivity index (χ3n) is 4.12. The summed E-state index contributed by atoms with van der Waals surface area (Å²) < 4.78 is 5.55. The zero-order valence-corrected chi connectivity index (χ0v) is 14.7. The molecule has 1 aromatic rings. The molecule has 0 bridgehead atoms. The summed E-state index contributed by atoms with van der Waals surface area (Å²) in [5, 5.41) is 3.54. The van der Waals surface area contributed by atoms with Gasteiger partial charge in [0.2, 0.25) is 0 Å². The van der Waals surface area contributed by atoms with E-state index in [-0.39, 0.29) is 18.2 Å². The second-order valence-electron chi connectivity index (χ2n) is 7.23. The fraction of sp³-hybridized carbons (Fsp3) is 0.667. The van der Waals surface area contributed by atoms with Crippen molar-refractivity contribution in [3.63, 3.8) is 0 Å². The van der Waals surface area contributed by atoms with Gasteiger partial charge < -0.3 is 15.0 Å². The Bertz CT molecular complexity index is 499. The van der Waals surface area contributed by atoms with Crippen LogP contribution in [0.1, 0.15) is 58.6 Å². The van der Waals surface area contributed by atoms with Crippen LogP contribution in [0.25, 0.3) is 0 Å². The molecule has 1 amide bonds. The first kappa shape index (κ1) is 17.7. The highest BCUT2D eigenvalue weighted by Gasteiger charge is 2.30. The van der Waals surface area contributed by atoms with Crippen LogP contribution in [0, 0.1) is 0 Å². The fourth-order valence-electron chi connectivity index (χ4n) is 2.86. The average molecular weight is 319 g/mol. The Balaban J connectivity index is 1.92. The van der Waals surface area contributed by atoms with Gasteiger partial charge in [0, 0.05) is 37.6 Å². The van der Waals surface area contributed by atoms with Crippen molar-refractivity contribution in [2.45, 2.75) is 64.6 Å². The minimum absolute atomic E-state index is 0.194. The van der Waals surface area contributed by atoms with Crippen LogP contribution in [0.2, 0.25) is 0 Å². The number of hydrogen-bond acceptors (Lipinski definition) is 4. The molecule has 0 radical (unpaired) electrons. The molecule has 5 heteroatoms. The maximum absolute atomic E-state index is 12.4. The van der Waals surface area contributed by atoms with Gasteiger partial charge in [0.15, 0.2) is 0 Å². The number of amides is 1. The molecule has 2 rings (SSSR count). The number of pyridine rings is 1. The lowest BCUT2D eigenvalue weighted by molar-refractivity contribution is 0.00970. The van der Waals surface area contributed by atoms with Crippen LogP contribution in [-0.4, -0.2) is 40.7 Å². The normalized spacial score (nSPS) is 20.2. The summed E-state index contributed by atoms with van der Waals surface area (Å²) in [6, 6.07) is 4.47. The summed E-state index contributed by atoms with van der Waals surface area (Å²) in [5.74, 6) is 0. The molecule has 0 spiro atoms. The molecule has 0 saturated carbocycles. The number of likely N-dealkylation sites (tertiary alicyclic amines) is 1. The molecule has 1 aliphatic heterocycles. The molecule has 5 nitrogen and oxygen atoms in total. The molecule has 2 atom stereocenters. The minimum atomic E-state index is -0.448. The van der Waals surface area contributed by atoms with Crippen molar-refractivity contribution in [1.29, 1.82) is 0 Å². The topological polar surface area (TPSA) is 54.5 Å². The van der Waals surface area contributed by atoms with Gasteiger partial charge in [-0.25, -0.2) is 4.79 Å². The Morgan fingerprint density at radius 2 is 2.09 bits per heavy atom. The molecule has 1 saturated heterocycles. The summed E-state index contributed by atoms with van der Waals surface area (Å²) in [6.07, 6.45) is 6.66. The molecule has 2 heterocycles. The van der Waals surface area contributed by atoms with Gasteiger partial charge in [-0.15, -0.1) is 0 Å². The second-order valence-corrected chi connectivity index (χ2v) is 7.23. The molecule has 0 aliphatic carbocycles. The lowest BCUT2D eigenvalue weighted by Gasteiger charge is -2.37. The predicted molar refractivity (Wildman–Crippen MR) is 91.2 cm³/mol. The van der Waals surface area contributed by atoms with Crippen LogP contribution < -0.4 is 5.32 Å². The van der Waals surface area contributed by atoms with E-state index >= 15 is 0 Å². The number of carbonyl (C=O) groups excluding carboxylic acids is 1. The van der Waals surface area contributed by atoms with Crippen molar-refractivity contribution < 1.29 is 9.53 Å². The zero-order valence-electron chi connectivity index (χ0n) is 14.7. The summed E-state index contributed by atoms with van der Waals surface area (Å²) in [5.41, 5.74) is 0.760. The highest BCUT2D eigenvalue weighted by Crippen LogP contribution is 2.21. The lowest BCUT2D eigenvalue weighted by atomic mass is 10.0. The fourth-order valence-corrected chi connectivity index (χ4v) is 2.86. The van der Waals surface area contributed by atoms with Gasteiger partial charge in [-0.1, -0.05) is 0 Å². The van der Waals surface area contributed by atoms with Crippen molar-refractivity contribution in [3.05, 3.63) is 30.1 Å². The van der Waals surface area contributed by atoms with Gasteiger partial charge in [0.25, 0.3) is 0 Å². The summed E-state index contributed by atoms with van der Waals surface area (Å²) >= 11 is 0. The van der Waals surface area contributed by atoms with Crippen LogP contribution in [0.3, 0.4) is 0 Å². The molecule has 1 aromatic heterocycles.